The summed E-state index contributed by atoms with van der Waals surface area (Å²) in [5.41, 5.74) is 0.914. The zero-order chi connectivity index (χ0) is 11.7. The van der Waals surface area contributed by atoms with E-state index in [1.54, 1.807) is 0 Å². The summed E-state index contributed by atoms with van der Waals surface area (Å²) in [5, 5.41) is 9.58. The zero-order valence-electron chi connectivity index (χ0n) is 8.33. The number of phenolic OH excluding ortho intramolecular Hbond substituents is 1. The second-order valence-electron chi connectivity index (χ2n) is 3.51. The summed E-state index contributed by atoms with van der Waals surface area (Å²) in [6.45, 7) is 0. The van der Waals surface area contributed by atoms with Gasteiger partial charge in [0.15, 0.2) is 5.78 Å². The summed E-state index contributed by atoms with van der Waals surface area (Å²) in [7, 11) is 0. The Balaban J connectivity index is 2.45. The maximum atomic E-state index is 11.4. The highest BCUT2D eigenvalue weighted by Crippen LogP contribution is 2.32. The lowest BCUT2D eigenvalue weighted by Crippen LogP contribution is -2.16. The molecule has 84 valence electrons. The summed E-state index contributed by atoms with van der Waals surface area (Å²) in [6, 6.07) is 2.81. The van der Waals surface area contributed by atoms with Gasteiger partial charge in [0.1, 0.15) is 11.5 Å². The molecule has 0 aromatic heterocycles. The van der Waals surface area contributed by atoms with Crippen molar-refractivity contribution in [1.82, 2.24) is 0 Å². The fourth-order valence-electron chi connectivity index (χ4n) is 1.61. The third-order valence-corrected chi connectivity index (χ3v) is 2.67. The Kier molecular flexibility index (Phi) is 2.83. The minimum Gasteiger partial charge on any atom is -0.507 e. The van der Waals surface area contributed by atoms with Gasteiger partial charge in [-0.3, -0.25) is 9.59 Å². The molecule has 0 bridgehead atoms. The first-order valence-corrected chi connectivity index (χ1v) is 5.31. The molecular weight excluding hydrogens is 232 g/mol. The standard InChI is InChI=1S/C11H9ClO4/c12-5-9(14)7-3-6-1-2-11(15)16-10(6)4-8(7)13/h3-4,13H,1-2,5H2. The Morgan fingerprint density at radius 2 is 2.19 bits per heavy atom. The van der Waals surface area contributed by atoms with Crippen LogP contribution in [0.5, 0.6) is 11.5 Å². The molecule has 1 aliphatic rings. The second-order valence-corrected chi connectivity index (χ2v) is 3.78. The Labute approximate surface area is 96.8 Å². The van der Waals surface area contributed by atoms with Gasteiger partial charge in [0.05, 0.1) is 17.9 Å². The Morgan fingerprint density at radius 1 is 1.44 bits per heavy atom. The number of carbonyl (C=O) groups is 2. The molecule has 1 N–H and O–H groups in total. The number of esters is 1. The summed E-state index contributed by atoms with van der Waals surface area (Å²) in [5.74, 6) is -0.757. The molecule has 1 aliphatic heterocycles. The third kappa shape index (κ3) is 1.88. The lowest BCUT2D eigenvalue weighted by atomic mass is 10.0. The third-order valence-electron chi connectivity index (χ3n) is 2.42. The van der Waals surface area contributed by atoms with Gasteiger partial charge in [0, 0.05) is 6.07 Å². The van der Waals surface area contributed by atoms with Crippen LogP contribution in [0, 0.1) is 0 Å². The van der Waals surface area contributed by atoms with Gasteiger partial charge in [-0.25, -0.2) is 0 Å². The number of aromatic hydroxyl groups is 1. The van der Waals surface area contributed by atoms with Gasteiger partial charge in [-0.05, 0) is 18.1 Å². The van der Waals surface area contributed by atoms with Crippen molar-refractivity contribution in [3.8, 4) is 11.5 Å². The Bertz CT molecular complexity index is 467. The minimum atomic E-state index is -0.348. The number of aryl methyl sites for hydroxylation is 1. The molecular formula is C11H9ClO4. The lowest BCUT2D eigenvalue weighted by molar-refractivity contribution is -0.135. The van der Waals surface area contributed by atoms with Gasteiger partial charge < -0.3 is 9.84 Å². The van der Waals surface area contributed by atoms with Crippen LogP contribution >= 0.6 is 11.6 Å². The van der Waals surface area contributed by atoms with Gasteiger partial charge >= 0.3 is 5.97 Å². The number of ether oxygens (including phenoxy) is 1. The monoisotopic (exact) mass is 240 g/mol. The zero-order valence-corrected chi connectivity index (χ0v) is 9.08. The maximum Gasteiger partial charge on any atom is 0.311 e. The number of phenols is 1. The number of rotatable bonds is 2. The van der Waals surface area contributed by atoms with Crippen LogP contribution in [0.25, 0.3) is 0 Å². The lowest BCUT2D eigenvalue weighted by Gasteiger charge is -2.16. The predicted octanol–water partition coefficient (Wildman–Crippen LogP) is 1.67. The van der Waals surface area contributed by atoms with Crippen molar-refractivity contribution in [2.24, 2.45) is 0 Å². The van der Waals surface area contributed by atoms with E-state index < -0.39 is 0 Å². The number of benzene rings is 1. The van der Waals surface area contributed by atoms with E-state index in [0.717, 1.165) is 5.56 Å². The van der Waals surface area contributed by atoms with Crippen LogP contribution in [-0.2, 0) is 11.2 Å². The largest absolute Gasteiger partial charge is 0.507 e. The highest BCUT2D eigenvalue weighted by atomic mass is 35.5. The van der Waals surface area contributed by atoms with Crippen molar-refractivity contribution in [3.05, 3.63) is 23.3 Å². The van der Waals surface area contributed by atoms with E-state index in [0.29, 0.717) is 12.2 Å². The van der Waals surface area contributed by atoms with Crippen molar-refractivity contribution in [2.45, 2.75) is 12.8 Å². The van der Waals surface area contributed by atoms with E-state index in [9.17, 15) is 14.7 Å². The van der Waals surface area contributed by atoms with Gasteiger partial charge in [0.25, 0.3) is 0 Å². The van der Waals surface area contributed by atoms with E-state index in [2.05, 4.69) is 0 Å². The molecule has 1 heterocycles. The molecule has 0 saturated carbocycles. The quantitative estimate of drug-likeness (QED) is 0.370. The Morgan fingerprint density at radius 3 is 2.88 bits per heavy atom. The van der Waals surface area contributed by atoms with Crippen LogP contribution in [0.4, 0.5) is 0 Å². The van der Waals surface area contributed by atoms with Crippen molar-refractivity contribution < 1.29 is 19.4 Å². The number of fused-ring (bicyclic) bond motifs is 1. The number of hydrogen-bond donors (Lipinski definition) is 1. The first kappa shape index (κ1) is 11.0. The van der Waals surface area contributed by atoms with Crippen molar-refractivity contribution in [3.63, 3.8) is 0 Å². The van der Waals surface area contributed by atoms with Gasteiger partial charge in [-0.15, -0.1) is 11.6 Å². The highest BCUT2D eigenvalue weighted by Gasteiger charge is 2.21. The molecule has 2 rings (SSSR count). The van der Waals surface area contributed by atoms with Gasteiger partial charge in [-0.2, -0.15) is 0 Å². The Hall–Kier alpha value is -1.55. The molecule has 0 amide bonds. The molecule has 0 spiro atoms. The van der Waals surface area contributed by atoms with Crippen molar-refractivity contribution >= 4 is 23.4 Å². The fourth-order valence-corrected chi connectivity index (χ4v) is 1.75. The topological polar surface area (TPSA) is 63.6 Å². The number of alkyl halides is 1. The molecule has 0 saturated heterocycles. The van der Waals surface area contributed by atoms with E-state index >= 15 is 0 Å². The highest BCUT2D eigenvalue weighted by molar-refractivity contribution is 6.30. The van der Waals surface area contributed by atoms with E-state index in [1.165, 1.54) is 12.1 Å². The molecule has 16 heavy (non-hydrogen) atoms. The van der Waals surface area contributed by atoms with Crippen LogP contribution < -0.4 is 4.74 Å². The average molecular weight is 241 g/mol. The molecule has 0 unspecified atom stereocenters. The maximum absolute atomic E-state index is 11.4. The molecule has 0 aliphatic carbocycles. The molecule has 4 nitrogen and oxygen atoms in total. The fraction of sp³-hybridized carbons (Fsp3) is 0.273. The summed E-state index contributed by atoms with van der Waals surface area (Å²) in [6.07, 6.45) is 0.795. The van der Waals surface area contributed by atoms with Gasteiger partial charge in [0.2, 0.25) is 0 Å². The predicted molar refractivity (Wildman–Crippen MR) is 57.1 cm³/mol. The number of halogens is 1. The van der Waals surface area contributed by atoms with Crippen LogP contribution in [0.2, 0.25) is 0 Å². The molecule has 0 atom stereocenters. The van der Waals surface area contributed by atoms with Crippen molar-refractivity contribution in [1.29, 1.82) is 0 Å². The molecule has 0 fully saturated rings. The number of carbonyl (C=O) groups excluding carboxylic acids is 2. The van der Waals surface area contributed by atoms with Crippen LogP contribution in [0.1, 0.15) is 22.3 Å². The van der Waals surface area contributed by atoms with Gasteiger partial charge in [-0.1, -0.05) is 0 Å². The smallest absolute Gasteiger partial charge is 0.311 e. The summed E-state index contributed by atoms with van der Waals surface area (Å²) in [4.78, 5) is 22.4. The van der Waals surface area contributed by atoms with E-state index in [4.69, 9.17) is 16.3 Å². The number of hydrogen-bond acceptors (Lipinski definition) is 4. The first-order valence-electron chi connectivity index (χ1n) is 4.77. The molecule has 1 aromatic rings. The summed E-state index contributed by atoms with van der Waals surface area (Å²) >= 11 is 5.42. The average Bonchev–Trinajstić information content (AvgIpc) is 2.27. The molecule has 1 aromatic carbocycles. The number of Topliss-reactive ketones (excluding diaryl/α,β-unsaturated/α-hetero) is 1. The van der Waals surface area contributed by atoms with Crippen LogP contribution in [-0.4, -0.2) is 22.7 Å². The van der Waals surface area contributed by atoms with Crippen molar-refractivity contribution in [2.75, 3.05) is 5.88 Å². The first-order chi connectivity index (χ1) is 7.61. The van der Waals surface area contributed by atoms with E-state index in [-0.39, 0.29) is 35.4 Å². The van der Waals surface area contributed by atoms with E-state index in [1.807, 2.05) is 0 Å². The van der Waals surface area contributed by atoms with Crippen LogP contribution in [0.15, 0.2) is 12.1 Å². The molecule has 5 heteroatoms. The second kappa shape index (κ2) is 4.14. The number of ketones is 1. The normalized spacial score (nSPS) is 14.2. The SMILES string of the molecule is O=C1CCc2cc(C(=O)CCl)c(O)cc2O1. The molecule has 0 radical (unpaired) electrons. The minimum absolute atomic E-state index is 0.173. The van der Waals surface area contributed by atoms with Crippen LogP contribution in [0.3, 0.4) is 0 Å². The summed E-state index contributed by atoms with van der Waals surface area (Å²) < 4.78 is 4.94.